The first-order valence-electron chi connectivity index (χ1n) is 6.50. The Morgan fingerprint density at radius 3 is 2.18 bits per heavy atom. The van der Waals surface area contributed by atoms with Gasteiger partial charge in [-0.15, -0.1) is 0 Å². The van der Waals surface area contributed by atoms with Gasteiger partial charge in [-0.2, -0.15) is 0 Å². The number of benzene rings is 1. The van der Waals surface area contributed by atoms with Crippen molar-refractivity contribution in [3.05, 3.63) is 35.9 Å². The minimum Gasteiger partial charge on any atom is -0.271 e. The molecule has 0 aliphatic carbocycles. The van der Waals surface area contributed by atoms with Gasteiger partial charge >= 0.3 is 0 Å². The number of hydrogen-bond donors (Lipinski definition) is 2. The largest absolute Gasteiger partial charge is 0.271 e. The van der Waals surface area contributed by atoms with Crippen molar-refractivity contribution < 1.29 is 0 Å². The molecule has 96 valence electrons. The third-order valence-corrected chi connectivity index (χ3v) is 3.62. The van der Waals surface area contributed by atoms with Gasteiger partial charge in [0.15, 0.2) is 0 Å². The minimum atomic E-state index is 0.0604. The molecule has 1 atom stereocenters. The lowest BCUT2D eigenvalue weighted by Gasteiger charge is -2.35. The molecule has 0 aromatic heterocycles. The van der Waals surface area contributed by atoms with Gasteiger partial charge in [0, 0.05) is 11.5 Å². The summed E-state index contributed by atoms with van der Waals surface area (Å²) in [6.45, 7) is 9.02. The van der Waals surface area contributed by atoms with Gasteiger partial charge in [-0.1, -0.05) is 58.0 Å². The summed E-state index contributed by atoms with van der Waals surface area (Å²) >= 11 is 0. The molecule has 2 nitrogen and oxygen atoms in total. The van der Waals surface area contributed by atoms with Gasteiger partial charge in [0.2, 0.25) is 0 Å². The van der Waals surface area contributed by atoms with E-state index >= 15 is 0 Å². The van der Waals surface area contributed by atoms with Gasteiger partial charge in [-0.25, -0.2) is 0 Å². The highest BCUT2D eigenvalue weighted by Crippen LogP contribution is 2.29. The smallest absolute Gasteiger partial charge is 0.0302 e. The van der Waals surface area contributed by atoms with Crippen LogP contribution in [0.5, 0.6) is 0 Å². The van der Waals surface area contributed by atoms with Gasteiger partial charge in [0.25, 0.3) is 0 Å². The molecule has 0 fully saturated rings. The van der Waals surface area contributed by atoms with Crippen molar-refractivity contribution in [1.29, 1.82) is 0 Å². The van der Waals surface area contributed by atoms with Crippen molar-refractivity contribution in [3.8, 4) is 0 Å². The normalized spacial score (nSPS) is 14.0. The molecule has 0 heterocycles. The molecule has 0 saturated carbocycles. The summed E-state index contributed by atoms with van der Waals surface area (Å²) in [7, 11) is 0. The zero-order chi connectivity index (χ0) is 12.9. The number of rotatable bonds is 6. The molecule has 0 amide bonds. The van der Waals surface area contributed by atoms with Crippen molar-refractivity contribution in [1.82, 2.24) is 5.43 Å². The van der Waals surface area contributed by atoms with Crippen LogP contribution in [0.1, 0.15) is 46.1 Å². The minimum absolute atomic E-state index is 0.0604. The van der Waals surface area contributed by atoms with Gasteiger partial charge < -0.3 is 0 Å². The lowest BCUT2D eigenvalue weighted by molar-refractivity contribution is 0.307. The number of nitrogens with one attached hydrogen (secondary N) is 1. The van der Waals surface area contributed by atoms with E-state index < -0.39 is 0 Å². The van der Waals surface area contributed by atoms with Gasteiger partial charge in [-0.3, -0.25) is 11.3 Å². The maximum atomic E-state index is 5.73. The second-order valence-electron chi connectivity index (χ2n) is 5.78. The van der Waals surface area contributed by atoms with E-state index in [0.717, 1.165) is 12.3 Å². The topological polar surface area (TPSA) is 38.0 Å². The van der Waals surface area contributed by atoms with E-state index in [1.165, 1.54) is 12.0 Å². The standard InChI is InChI=1S/C15H26N2/c1-12(2)10-11-14(17-16)15(3,4)13-8-6-5-7-9-13/h5-9,12,14,17H,10-11,16H2,1-4H3. The molecule has 1 unspecified atom stereocenters. The van der Waals surface area contributed by atoms with E-state index in [9.17, 15) is 0 Å². The molecule has 0 saturated heterocycles. The Morgan fingerprint density at radius 1 is 1.12 bits per heavy atom. The molecule has 0 aliphatic rings. The van der Waals surface area contributed by atoms with Crippen LogP contribution in [-0.4, -0.2) is 6.04 Å². The molecule has 0 spiro atoms. The van der Waals surface area contributed by atoms with E-state index in [4.69, 9.17) is 5.84 Å². The van der Waals surface area contributed by atoms with Crippen molar-refractivity contribution in [2.24, 2.45) is 11.8 Å². The van der Waals surface area contributed by atoms with Crippen LogP contribution < -0.4 is 11.3 Å². The fraction of sp³-hybridized carbons (Fsp3) is 0.600. The van der Waals surface area contributed by atoms with Crippen LogP contribution in [0.4, 0.5) is 0 Å². The lowest BCUT2D eigenvalue weighted by Crippen LogP contribution is -2.48. The molecule has 3 N–H and O–H groups in total. The number of nitrogens with two attached hydrogens (primary N) is 1. The molecular weight excluding hydrogens is 208 g/mol. The lowest BCUT2D eigenvalue weighted by atomic mass is 9.75. The van der Waals surface area contributed by atoms with Crippen molar-refractivity contribution in [2.45, 2.75) is 52.0 Å². The van der Waals surface area contributed by atoms with E-state index in [1.807, 2.05) is 0 Å². The second kappa shape index (κ2) is 6.18. The third-order valence-electron chi connectivity index (χ3n) is 3.62. The fourth-order valence-corrected chi connectivity index (χ4v) is 2.22. The first-order chi connectivity index (χ1) is 7.98. The van der Waals surface area contributed by atoms with Crippen molar-refractivity contribution in [3.63, 3.8) is 0 Å². The first kappa shape index (κ1) is 14.2. The second-order valence-corrected chi connectivity index (χ2v) is 5.78. The quantitative estimate of drug-likeness (QED) is 0.586. The summed E-state index contributed by atoms with van der Waals surface area (Å²) in [5.41, 5.74) is 4.40. The van der Waals surface area contributed by atoms with E-state index in [1.54, 1.807) is 0 Å². The maximum Gasteiger partial charge on any atom is 0.0302 e. The Morgan fingerprint density at radius 2 is 1.71 bits per heavy atom. The molecule has 1 aromatic rings. The van der Waals surface area contributed by atoms with Crippen LogP contribution in [-0.2, 0) is 5.41 Å². The van der Waals surface area contributed by atoms with Crippen LogP contribution in [0.3, 0.4) is 0 Å². The molecule has 17 heavy (non-hydrogen) atoms. The Hall–Kier alpha value is -0.860. The SMILES string of the molecule is CC(C)CCC(NN)C(C)(C)c1ccccc1. The zero-order valence-corrected chi connectivity index (χ0v) is 11.5. The van der Waals surface area contributed by atoms with Gasteiger partial charge in [0.05, 0.1) is 0 Å². The van der Waals surface area contributed by atoms with E-state index in [-0.39, 0.29) is 5.41 Å². The summed E-state index contributed by atoms with van der Waals surface area (Å²) in [5.74, 6) is 6.45. The van der Waals surface area contributed by atoms with E-state index in [0.29, 0.717) is 6.04 Å². The predicted octanol–water partition coefficient (Wildman–Crippen LogP) is 3.23. The summed E-state index contributed by atoms with van der Waals surface area (Å²) in [5, 5.41) is 0. The molecule has 2 heteroatoms. The summed E-state index contributed by atoms with van der Waals surface area (Å²) in [6, 6.07) is 10.9. The molecule has 1 aromatic carbocycles. The molecular formula is C15H26N2. The summed E-state index contributed by atoms with van der Waals surface area (Å²) in [6.07, 6.45) is 2.31. The zero-order valence-electron chi connectivity index (χ0n) is 11.5. The number of hydrogen-bond acceptors (Lipinski definition) is 2. The van der Waals surface area contributed by atoms with Crippen LogP contribution in [0, 0.1) is 5.92 Å². The Labute approximate surface area is 106 Å². The molecule has 0 aliphatic heterocycles. The third kappa shape index (κ3) is 3.83. The van der Waals surface area contributed by atoms with Gasteiger partial charge in [-0.05, 0) is 24.3 Å². The average Bonchev–Trinajstić information content (AvgIpc) is 2.30. The Kier molecular flexibility index (Phi) is 5.16. The fourth-order valence-electron chi connectivity index (χ4n) is 2.22. The monoisotopic (exact) mass is 234 g/mol. The van der Waals surface area contributed by atoms with Crippen LogP contribution >= 0.6 is 0 Å². The van der Waals surface area contributed by atoms with Crippen molar-refractivity contribution >= 4 is 0 Å². The number of hydrazine groups is 1. The Bertz CT molecular complexity index is 317. The van der Waals surface area contributed by atoms with Crippen molar-refractivity contribution in [2.75, 3.05) is 0 Å². The van der Waals surface area contributed by atoms with Crippen LogP contribution in [0.2, 0.25) is 0 Å². The molecule has 1 rings (SSSR count). The first-order valence-corrected chi connectivity index (χ1v) is 6.50. The highest BCUT2D eigenvalue weighted by atomic mass is 15.2. The predicted molar refractivity (Wildman–Crippen MR) is 74.7 cm³/mol. The summed E-state index contributed by atoms with van der Waals surface area (Å²) in [4.78, 5) is 0. The summed E-state index contributed by atoms with van der Waals surface area (Å²) < 4.78 is 0. The highest BCUT2D eigenvalue weighted by molar-refractivity contribution is 5.25. The van der Waals surface area contributed by atoms with Crippen LogP contribution in [0.25, 0.3) is 0 Å². The maximum absolute atomic E-state index is 5.73. The molecule has 0 radical (unpaired) electrons. The molecule has 0 bridgehead atoms. The van der Waals surface area contributed by atoms with E-state index in [2.05, 4.69) is 63.5 Å². The van der Waals surface area contributed by atoms with Crippen LogP contribution in [0.15, 0.2) is 30.3 Å². The van der Waals surface area contributed by atoms with Gasteiger partial charge in [0.1, 0.15) is 0 Å². The highest BCUT2D eigenvalue weighted by Gasteiger charge is 2.30. The average molecular weight is 234 g/mol. The Balaban J connectivity index is 2.79.